The Morgan fingerprint density at radius 2 is 2.16 bits per heavy atom. The molecule has 1 aliphatic rings. The van der Waals surface area contributed by atoms with E-state index in [9.17, 15) is 18.0 Å². The zero-order chi connectivity index (χ0) is 14.4. The predicted octanol–water partition coefficient (Wildman–Crippen LogP) is -0.729. The van der Waals surface area contributed by atoms with Crippen LogP contribution in [0.4, 0.5) is 24.7 Å². The van der Waals surface area contributed by atoms with Crippen LogP contribution in [0.25, 0.3) is 0 Å². The van der Waals surface area contributed by atoms with E-state index in [1.54, 1.807) is 0 Å². The van der Waals surface area contributed by atoms with Crippen LogP contribution in [0, 0.1) is 0 Å². The molecule has 10 heteroatoms. The van der Waals surface area contributed by atoms with E-state index < -0.39 is 36.7 Å². The first-order valence-electron chi connectivity index (χ1n) is 5.21. The zero-order valence-electron chi connectivity index (χ0n) is 9.46. The molecule has 7 nitrogen and oxygen atoms in total. The molecule has 3 atom stereocenters. The third-order valence-electron chi connectivity index (χ3n) is 2.80. The average Bonchev–Trinajstić information content (AvgIpc) is 2.56. The minimum Gasteiger partial charge on any atom is -0.395 e. The maximum atomic E-state index is 13.7. The van der Waals surface area contributed by atoms with Crippen molar-refractivity contribution in [1.29, 1.82) is 0 Å². The van der Waals surface area contributed by atoms with Gasteiger partial charge in [-0.1, -0.05) is 0 Å². The van der Waals surface area contributed by atoms with Gasteiger partial charge in [-0.05, 0) is 0 Å². The molecular weight excluding hydrogens is 269 g/mol. The van der Waals surface area contributed by atoms with Gasteiger partial charge in [0.2, 0.25) is 6.17 Å². The number of halogens is 3. The normalized spacial score (nSPS) is 29.6. The van der Waals surface area contributed by atoms with E-state index >= 15 is 0 Å². The smallest absolute Gasteiger partial charge is 0.351 e. The van der Waals surface area contributed by atoms with Crippen LogP contribution in [0.2, 0.25) is 0 Å². The largest absolute Gasteiger partial charge is 0.395 e. The number of ether oxygens (including phenoxy) is 1. The van der Waals surface area contributed by atoms with Crippen LogP contribution in [-0.2, 0) is 4.74 Å². The molecule has 19 heavy (non-hydrogen) atoms. The molecule has 0 radical (unpaired) electrons. The lowest BCUT2D eigenvalue weighted by molar-refractivity contribution is -0.111. The highest BCUT2D eigenvalue weighted by molar-refractivity contribution is 5.55. The topological polar surface area (TPSA) is 116 Å². The van der Waals surface area contributed by atoms with Crippen LogP contribution < -0.4 is 17.2 Å². The van der Waals surface area contributed by atoms with Crippen LogP contribution in [0.3, 0.4) is 0 Å². The quantitative estimate of drug-likeness (QED) is 0.657. The van der Waals surface area contributed by atoms with Gasteiger partial charge in [0.1, 0.15) is 6.10 Å². The van der Waals surface area contributed by atoms with E-state index in [2.05, 4.69) is 9.72 Å². The second kappa shape index (κ2) is 4.38. The summed E-state index contributed by atoms with van der Waals surface area (Å²) in [5.74, 6) is -4.21. The van der Waals surface area contributed by atoms with E-state index in [4.69, 9.17) is 16.6 Å². The van der Waals surface area contributed by atoms with Crippen LogP contribution >= 0.6 is 0 Å². The molecule has 1 aromatic heterocycles. The summed E-state index contributed by atoms with van der Waals surface area (Å²) < 4.78 is 45.6. The van der Waals surface area contributed by atoms with Crippen molar-refractivity contribution in [3.63, 3.8) is 0 Å². The van der Waals surface area contributed by atoms with Gasteiger partial charge in [0.15, 0.2) is 12.0 Å². The number of nitrogen functional groups attached to an aromatic ring is 2. The number of aliphatic hydroxyl groups is 1. The highest BCUT2D eigenvalue weighted by atomic mass is 19.3. The van der Waals surface area contributed by atoms with Gasteiger partial charge in [-0.15, -0.1) is 0 Å². The number of aromatic nitrogens is 2. The zero-order valence-corrected chi connectivity index (χ0v) is 9.46. The average molecular weight is 280 g/mol. The maximum absolute atomic E-state index is 13.7. The number of hydrogen-bond acceptors (Lipinski definition) is 6. The second-order valence-corrected chi connectivity index (χ2v) is 4.05. The Labute approximate surface area is 104 Å². The van der Waals surface area contributed by atoms with Gasteiger partial charge in [-0.3, -0.25) is 4.57 Å². The van der Waals surface area contributed by atoms with Gasteiger partial charge >= 0.3 is 11.6 Å². The molecule has 0 aliphatic carbocycles. The molecule has 0 bridgehead atoms. The van der Waals surface area contributed by atoms with Crippen molar-refractivity contribution in [3.05, 3.63) is 16.7 Å². The van der Waals surface area contributed by atoms with Gasteiger partial charge in [0, 0.05) is 6.20 Å². The number of aliphatic hydroxyl groups excluding tert-OH is 1. The number of anilines is 2. The molecule has 2 rings (SSSR count). The Bertz CT molecular complexity index is 550. The van der Waals surface area contributed by atoms with Crippen molar-refractivity contribution in [3.8, 4) is 0 Å². The maximum Gasteiger partial charge on any atom is 0.351 e. The Hall–Kier alpha value is -1.81. The SMILES string of the molecule is Nc1cn(C2OC(CO)C(F)(F)C2F)c(=O)nc1N. The monoisotopic (exact) mass is 280 g/mol. The Balaban J connectivity index is 2.44. The number of hydrogen-bond donors (Lipinski definition) is 3. The molecule has 5 N–H and O–H groups in total. The Morgan fingerprint density at radius 1 is 1.53 bits per heavy atom. The van der Waals surface area contributed by atoms with Crippen LogP contribution in [0.5, 0.6) is 0 Å². The first-order valence-corrected chi connectivity index (χ1v) is 5.21. The van der Waals surface area contributed by atoms with Crippen molar-refractivity contribution >= 4 is 11.5 Å². The summed E-state index contributed by atoms with van der Waals surface area (Å²) in [6.07, 6.45) is -5.90. The van der Waals surface area contributed by atoms with Crippen molar-refractivity contribution in [1.82, 2.24) is 9.55 Å². The van der Waals surface area contributed by atoms with E-state index in [-0.39, 0.29) is 11.5 Å². The molecule has 2 heterocycles. The Morgan fingerprint density at radius 3 is 2.68 bits per heavy atom. The molecule has 1 fully saturated rings. The van der Waals surface area contributed by atoms with E-state index in [0.29, 0.717) is 4.57 Å². The van der Waals surface area contributed by atoms with Gasteiger partial charge < -0.3 is 21.3 Å². The molecule has 0 spiro atoms. The summed E-state index contributed by atoms with van der Waals surface area (Å²) in [7, 11) is 0. The molecule has 106 valence electrons. The van der Waals surface area contributed by atoms with Crippen LogP contribution in [0.15, 0.2) is 11.0 Å². The summed E-state index contributed by atoms with van der Waals surface area (Å²) >= 11 is 0. The predicted molar refractivity (Wildman–Crippen MR) is 58.2 cm³/mol. The van der Waals surface area contributed by atoms with Gasteiger partial charge in [-0.2, -0.15) is 4.98 Å². The fraction of sp³-hybridized carbons (Fsp3) is 0.556. The highest BCUT2D eigenvalue weighted by Gasteiger charge is 2.60. The van der Waals surface area contributed by atoms with Gasteiger partial charge in [0.25, 0.3) is 0 Å². The van der Waals surface area contributed by atoms with Crippen molar-refractivity contribution < 1.29 is 23.0 Å². The minimum atomic E-state index is -3.92. The molecule has 0 amide bonds. The van der Waals surface area contributed by atoms with Crippen molar-refractivity contribution in [2.24, 2.45) is 0 Å². The minimum absolute atomic E-state index is 0.175. The summed E-state index contributed by atoms with van der Waals surface area (Å²) in [5, 5.41) is 8.73. The lowest BCUT2D eigenvalue weighted by Crippen LogP contribution is -2.39. The van der Waals surface area contributed by atoms with Crippen LogP contribution in [0.1, 0.15) is 6.23 Å². The summed E-state index contributed by atoms with van der Waals surface area (Å²) in [4.78, 5) is 14.7. The first kappa shape index (κ1) is 13.6. The third-order valence-corrected chi connectivity index (χ3v) is 2.80. The molecular formula is C9H11F3N4O3. The first-order chi connectivity index (χ1) is 8.78. The van der Waals surface area contributed by atoms with Gasteiger partial charge in [-0.25, -0.2) is 18.0 Å². The second-order valence-electron chi connectivity index (χ2n) is 4.05. The van der Waals surface area contributed by atoms with E-state index in [1.807, 2.05) is 0 Å². The van der Waals surface area contributed by atoms with Crippen molar-refractivity contribution in [2.45, 2.75) is 24.4 Å². The lowest BCUT2D eigenvalue weighted by atomic mass is 10.1. The third kappa shape index (κ3) is 2.02. The van der Waals surface area contributed by atoms with Crippen LogP contribution in [-0.4, -0.2) is 39.5 Å². The molecule has 1 aromatic rings. The molecule has 1 saturated heterocycles. The lowest BCUT2D eigenvalue weighted by Gasteiger charge is -2.17. The van der Waals surface area contributed by atoms with Gasteiger partial charge in [0.05, 0.1) is 12.3 Å². The molecule has 1 aliphatic heterocycles. The van der Waals surface area contributed by atoms with E-state index in [0.717, 1.165) is 6.20 Å². The summed E-state index contributed by atoms with van der Waals surface area (Å²) in [5.41, 5.74) is 9.38. The summed E-state index contributed by atoms with van der Waals surface area (Å²) in [6.45, 7) is -1.09. The number of nitrogens with two attached hydrogens (primary N) is 2. The Kier molecular flexibility index (Phi) is 3.14. The number of alkyl halides is 3. The summed E-state index contributed by atoms with van der Waals surface area (Å²) in [6, 6.07) is 0. The molecule has 0 saturated carbocycles. The van der Waals surface area contributed by atoms with E-state index in [1.165, 1.54) is 0 Å². The number of nitrogens with zero attached hydrogens (tertiary/aromatic N) is 2. The highest BCUT2D eigenvalue weighted by Crippen LogP contribution is 2.42. The molecule has 3 unspecified atom stereocenters. The fourth-order valence-electron chi connectivity index (χ4n) is 1.75. The van der Waals surface area contributed by atoms with Crippen molar-refractivity contribution in [2.75, 3.05) is 18.1 Å². The fourth-order valence-corrected chi connectivity index (χ4v) is 1.75. The molecule has 0 aromatic carbocycles. The standard InChI is InChI=1S/C9H11F3N4O3/c10-5-7(19-4(2-17)9(5,11)12)16-1-3(13)6(14)15-8(16)18/h1,4-5,7,17H,2,13H2,(H2,14,15,18). The number of rotatable bonds is 2.